The van der Waals surface area contributed by atoms with E-state index in [1.165, 1.54) is 18.9 Å². The fourth-order valence-corrected chi connectivity index (χ4v) is 3.59. The lowest BCUT2D eigenvalue weighted by Crippen LogP contribution is -2.08. The summed E-state index contributed by atoms with van der Waals surface area (Å²) >= 11 is 0. The van der Waals surface area contributed by atoms with E-state index < -0.39 is 5.82 Å². The molecule has 4 heteroatoms. The van der Waals surface area contributed by atoms with Crippen LogP contribution >= 0.6 is 0 Å². The van der Waals surface area contributed by atoms with Gasteiger partial charge in [-0.1, -0.05) is 44.1 Å². The lowest BCUT2D eigenvalue weighted by Gasteiger charge is -2.12. The van der Waals surface area contributed by atoms with Crippen LogP contribution in [-0.4, -0.2) is 22.8 Å². The minimum absolute atomic E-state index is 0.0903. The van der Waals surface area contributed by atoms with Crippen LogP contribution in [0.1, 0.15) is 57.9 Å². The highest BCUT2D eigenvalue weighted by molar-refractivity contribution is 5.87. The van der Waals surface area contributed by atoms with Crippen molar-refractivity contribution in [1.29, 1.82) is 0 Å². The number of hydrogen-bond donors (Lipinski definition) is 1. The molecular formula is C27H32FNO2. The molecule has 0 aliphatic rings. The molecule has 1 N–H and O–H groups in total. The molecule has 0 saturated heterocycles. The summed E-state index contributed by atoms with van der Waals surface area (Å²) in [7, 11) is 0. The third kappa shape index (κ3) is 6.90. The molecule has 0 aliphatic heterocycles. The molecule has 1 unspecified atom stereocenters. The van der Waals surface area contributed by atoms with Crippen LogP contribution in [0.2, 0.25) is 0 Å². The molecule has 0 saturated carbocycles. The quantitative estimate of drug-likeness (QED) is 0.325. The van der Waals surface area contributed by atoms with Crippen LogP contribution < -0.4 is 0 Å². The Kier molecular flexibility index (Phi) is 8.60. The molecule has 1 heterocycles. The molecule has 0 fully saturated rings. The Labute approximate surface area is 184 Å². The normalized spacial score (nSPS) is 12.6. The van der Waals surface area contributed by atoms with E-state index in [-0.39, 0.29) is 5.75 Å². The van der Waals surface area contributed by atoms with E-state index in [1.807, 2.05) is 12.1 Å². The summed E-state index contributed by atoms with van der Waals surface area (Å²) in [6.07, 6.45) is 13.3. The summed E-state index contributed by atoms with van der Waals surface area (Å²) in [5.74, 6) is -0.570. The summed E-state index contributed by atoms with van der Waals surface area (Å²) in [5, 5.41) is 11.4. The van der Waals surface area contributed by atoms with E-state index in [0.29, 0.717) is 17.4 Å². The Morgan fingerprint density at radius 2 is 1.94 bits per heavy atom. The molecule has 31 heavy (non-hydrogen) atoms. The van der Waals surface area contributed by atoms with Gasteiger partial charge in [0.2, 0.25) is 0 Å². The zero-order valence-corrected chi connectivity index (χ0v) is 18.5. The van der Waals surface area contributed by atoms with Crippen molar-refractivity contribution in [2.75, 3.05) is 6.61 Å². The number of allylic oxidation sites excluding steroid dienone is 1. The van der Waals surface area contributed by atoms with E-state index in [2.05, 4.69) is 43.1 Å². The maximum Gasteiger partial charge on any atom is 0.136 e. The smallest absolute Gasteiger partial charge is 0.136 e. The molecular weight excluding hydrogens is 389 g/mol. The number of phenols is 1. The van der Waals surface area contributed by atoms with Crippen molar-refractivity contribution < 1.29 is 14.2 Å². The fourth-order valence-electron chi connectivity index (χ4n) is 3.59. The first-order valence-electron chi connectivity index (χ1n) is 11.2. The SMILES string of the molecule is CCCCCOC(C)CCCC=Cc1ccc2cc(-c3ccc(O)cc3F)ncc2c1. The second-order valence-corrected chi connectivity index (χ2v) is 8.06. The van der Waals surface area contributed by atoms with Gasteiger partial charge in [-0.05, 0) is 67.8 Å². The van der Waals surface area contributed by atoms with Crippen molar-refractivity contribution >= 4 is 16.8 Å². The monoisotopic (exact) mass is 421 g/mol. The molecule has 0 spiro atoms. The van der Waals surface area contributed by atoms with Crippen LogP contribution in [0.4, 0.5) is 4.39 Å². The number of halogens is 1. The van der Waals surface area contributed by atoms with Crippen molar-refractivity contribution in [3.8, 4) is 17.0 Å². The summed E-state index contributed by atoms with van der Waals surface area (Å²) in [5.41, 5.74) is 2.06. The highest BCUT2D eigenvalue weighted by Crippen LogP contribution is 2.27. The van der Waals surface area contributed by atoms with Crippen molar-refractivity contribution in [2.24, 2.45) is 0 Å². The van der Waals surface area contributed by atoms with Gasteiger partial charge in [-0.2, -0.15) is 0 Å². The van der Waals surface area contributed by atoms with Gasteiger partial charge in [0.25, 0.3) is 0 Å². The number of fused-ring (bicyclic) bond motifs is 1. The lowest BCUT2D eigenvalue weighted by molar-refractivity contribution is 0.0566. The fraction of sp³-hybridized carbons (Fsp3) is 0.370. The molecule has 1 atom stereocenters. The first-order chi connectivity index (χ1) is 15.1. The topological polar surface area (TPSA) is 42.4 Å². The summed E-state index contributed by atoms with van der Waals surface area (Å²) < 4.78 is 20.0. The molecule has 0 radical (unpaired) electrons. The molecule has 3 rings (SSSR count). The Morgan fingerprint density at radius 3 is 2.74 bits per heavy atom. The number of unbranched alkanes of at least 4 members (excludes halogenated alkanes) is 3. The van der Waals surface area contributed by atoms with Crippen molar-refractivity contribution in [2.45, 2.75) is 58.5 Å². The number of ether oxygens (including phenoxy) is 1. The van der Waals surface area contributed by atoms with E-state index in [9.17, 15) is 9.50 Å². The number of nitrogens with zero attached hydrogens (tertiary/aromatic N) is 1. The Balaban J connectivity index is 1.54. The molecule has 2 aromatic carbocycles. The van der Waals surface area contributed by atoms with Gasteiger partial charge >= 0.3 is 0 Å². The van der Waals surface area contributed by atoms with Crippen LogP contribution in [0.5, 0.6) is 5.75 Å². The van der Waals surface area contributed by atoms with Gasteiger partial charge in [-0.3, -0.25) is 4.98 Å². The van der Waals surface area contributed by atoms with Gasteiger partial charge in [-0.25, -0.2) is 4.39 Å². The van der Waals surface area contributed by atoms with Crippen molar-refractivity contribution in [1.82, 2.24) is 4.98 Å². The number of aromatic nitrogens is 1. The molecule has 0 amide bonds. The predicted molar refractivity (Wildman–Crippen MR) is 127 cm³/mol. The number of rotatable bonds is 11. The van der Waals surface area contributed by atoms with Crippen LogP contribution in [-0.2, 0) is 4.74 Å². The Hall–Kier alpha value is -2.72. The minimum Gasteiger partial charge on any atom is -0.508 e. The molecule has 0 bridgehead atoms. The highest BCUT2D eigenvalue weighted by atomic mass is 19.1. The van der Waals surface area contributed by atoms with Crippen LogP contribution in [0.3, 0.4) is 0 Å². The van der Waals surface area contributed by atoms with Gasteiger partial charge in [0.05, 0.1) is 11.8 Å². The van der Waals surface area contributed by atoms with Crippen molar-refractivity contribution in [3.63, 3.8) is 0 Å². The maximum absolute atomic E-state index is 14.1. The average molecular weight is 422 g/mol. The first kappa shape index (κ1) is 23.0. The zero-order chi connectivity index (χ0) is 22.1. The van der Waals surface area contributed by atoms with Gasteiger partial charge in [-0.15, -0.1) is 0 Å². The number of hydrogen-bond acceptors (Lipinski definition) is 3. The molecule has 0 aliphatic carbocycles. The van der Waals surface area contributed by atoms with E-state index in [4.69, 9.17) is 4.74 Å². The second-order valence-electron chi connectivity index (χ2n) is 8.06. The van der Waals surface area contributed by atoms with Gasteiger partial charge in [0.15, 0.2) is 0 Å². The minimum atomic E-state index is -0.480. The van der Waals surface area contributed by atoms with Crippen molar-refractivity contribution in [3.05, 3.63) is 66.1 Å². The number of benzene rings is 2. The standard InChI is InChI=1S/C27H32FNO2/c1-3-4-8-15-31-20(2)9-6-5-7-10-21-11-12-22-17-27(29-19-23(22)16-21)25-14-13-24(30)18-26(25)28/h7,10-14,16-20,30H,3-6,8-9,15H2,1-2H3. The Morgan fingerprint density at radius 1 is 1.06 bits per heavy atom. The molecule has 3 nitrogen and oxygen atoms in total. The lowest BCUT2D eigenvalue weighted by atomic mass is 10.0. The highest BCUT2D eigenvalue weighted by Gasteiger charge is 2.08. The Bertz CT molecular complexity index is 1020. The summed E-state index contributed by atoms with van der Waals surface area (Å²) in [4.78, 5) is 4.41. The predicted octanol–water partition coefficient (Wildman–Crippen LogP) is 7.53. The van der Waals surface area contributed by atoms with E-state index >= 15 is 0 Å². The van der Waals surface area contributed by atoms with E-state index in [0.717, 1.165) is 54.7 Å². The number of aromatic hydroxyl groups is 1. The zero-order valence-electron chi connectivity index (χ0n) is 18.5. The van der Waals surface area contributed by atoms with E-state index in [1.54, 1.807) is 12.3 Å². The maximum atomic E-state index is 14.1. The largest absolute Gasteiger partial charge is 0.508 e. The van der Waals surface area contributed by atoms with Crippen LogP contribution in [0.25, 0.3) is 28.1 Å². The van der Waals surface area contributed by atoms with Gasteiger partial charge in [0, 0.05) is 29.8 Å². The molecule has 1 aromatic heterocycles. The number of pyridine rings is 1. The summed E-state index contributed by atoms with van der Waals surface area (Å²) in [6, 6.07) is 12.2. The third-order valence-corrected chi connectivity index (χ3v) is 5.42. The second kappa shape index (κ2) is 11.6. The first-order valence-corrected chi connectivity index (χ1v) is 11.2. The molecule has 164 valence electrons. The average Bonchev–Trinajstić information content (AvgIpc) is 2.76. The number of phenolic OH excluding ortho intramolecular Hbond substituents is 1. The van der Waals surface area contributed by atoms with Crippen LogP contribution in [0, 0.1) is 5.82 Å². The third-order valence-electron chi connectivity index (χ3n) is 5.42. The molecule has 3 aromatic rings. The van der Waals surface area contributed by atoms with Gasteiger partial charge < -0.3 is 9.84 Å². The summed E-state index contributed by atoms with van der Waals surface area (Å²) in [6.45, 7) is 5.24. The van der Waals surface area contributed by atoms with Crippen LogP contribution in [0.15, 0.2) is 54.7 Å². The van der Waals surface area contributed by atoms with Gasteiger partial charge in [0.1, 0.15) is 11.6 Å².